The molecule has 3 heterocycles. The third-order valence-corrected chi connectivity index (χ3v) is 7.12. The van der Waals surface area contributed by atoms with Crippen LogP contribution in [0.15, 0.2) is 48.8 Å². The van der Waals surface area contributed by atoms with Gasteiger partial charge in [0.15, 0.2) is 0 Å². The molecule has 1 aromatic heterocycles. The summed E-state index contributed by atoms with van der Waals surface area (Å²) in [6.07, 6.45) is 5.53. The molecule has 0 N–H and O–H groups in total. The molecule has 0 bridgehead atoms. The van der Waals surface area contributed by atoms with Crippen LogP contribution >= 0.6 is 0 Å². The predicted octanol–water partition coefficient (Wildman–Crippen LogP) is 2.97. The summed E-state index contributed by atoms with van der Waals surface area (Å²) in [5, 5.41) is 0. The number of hydrogen-bond donors (Lipinski definition) is 0. The molecule has 182 valence electrons. The van der Waals surface area contributed by atoms with E-state index in [0.29, 0.717) is 32.0 Å². The number of methoxy groups -OCH3 is 2. The number of pyridine rings is 1. The smallest absolute Gasteiger partial charge is 0.328 e. The number of likely N-dealkylation sites (tertiary alicyclic amines) is 1. The number of aromatic nitrogens is 1. The summed E-state index contributed by atoms with van der Waals surface area (Å²) in [6, 6.07) is 11.9. The number of rotatable bonds is 9. The average molecular weight is 467 g/mol. The molecule has 0 aliphatic carbocycles. The molecule has 4 rings (SSSR count). The van der Waals surface area contributed by atoms with Crippen molar-refractivity contribution in [1.82, 2.24) is 19.7 Å². The van der Waals surface area contributed by atoms with Crippen LogP contribution in [0.3, 0.4) is 0 Å². The standard InChI is InChI=1S/C26H34N4O4/c1-20(16-21-6-4-8-23(17-21)34-3)28-12-9-26(10-13-28)24(31)29(19-22-7-5-11-27-18-22)25(32)30(26)14-15-33-2/h4-8,11,17-18,20H,9-10,12-16,19H2,1-3H3. The van der Waals surface area contributed by atoms with Crippen molar-refractivity contribution in [3.05, 3.63) is 59.9 Å². The van der Waals surface area contributed by atoms with E-state index in [1.165, 1.54) is 10.5 Å². The Morgan fingerprint density at radius 3 is 2.53 bits per heavy atom. The zero-order valence-electron chi connectivity index (χ0n) is 20.3. The highest BCUT2D eigenvalue weighted by molar-refractivity contribution is 6.07. The minimum Gasteiger partial charge on any atom is -0.497 e. The van der Waals surface area contributed by atoms with Gasteiger partial charge in [-0.1, -0.05) is 18.2 Å². The van der Waals surface area contributed by atoms with Crippen molar-refractivity contribution in [2.45, 2.75) is 44.3 Å². The molecular weight excluding hydrogens is 432 g/mol. The third kappa shape index (κ3) is 4.79. The first-order valence-electron chi connectivity index (χ1n) is 11.9. The molecule has 8 nitrogen and oxygen atoms in total. The number of nitrogens with zero attached hydrogens (tertiary/aromatic N) is 4. The lowest BCUT2D eigenvalue weighted by Crippen LogP contribution is -2.58. The molecule has 1 spiro atoms. The number of piperidine rings is 1. The second-order valence-electron chi connectivity index (χ2n) is 9.15. The number of urea groups is 1. The van der Waals surface area contributed by atoms with Crippen molar-refractivity contribution >= 4 is 11.9 Å². The van der Waals surface area contributed by atoms with E-state index in [1.54, 1.807) is 31.5 Å². The lowest BCUT2D eigenvalue weighted by molar-refractivity contribution is -0.136. The summed E-state index contributed by atoms with van der Waals surface area (Å²) < 4.78 is 10.6. The molecule has 0 saturated carbocycles. The normalized spacial score (nSPS) is 19.1. The van der Waals surface area contributed by atoms with Gasteiger partial charge in [-0.3, -0.25) is 14.7 Å². The first kappa shape index (κ1) is 24.2. The van der Waals surface area contributed by atoms with E-state index in [1.807, 2.05) is 24.3 Å². The largest absolute Gasteiger partial charge is 0.497 e. The Labute approximate surface area is 201 Å². The maximum absolute atomic E-state index is 13.7. The highest BCUT2D eigenvalue weighted by Crippen LogP contribution is 2.38. The molecule has 1 unspecified atom stereocenters. The lowest BCUT2D eigenvalue weighted by atomic mass is 9.85. The summed E-state index contributed by atoms with van der Waals surface area (Å²) in [4.78, 5) is 36.7. The Morgan fingerprint density at radius 1 is 1.09 bits per heavy atom. The summed E-state index contributed by atoms with van der Waals surface area (Å²) in [5.41, 5.74) is 1.27. The number of ether oxygens (including phenoxy) is 2. The van der Waals surface area contributed by atoms with E-state index < -0.39 is 5.54 Å². The molecular formula is C26H34N4O4. The molecule has 2 fully saturated rings. The van der Waals surface area contributed by atoms with Gasteiger partial charge in [0.05, 0.1) is 20.3 Å². The van der Waals surface area contributed by atoms with E-state index >= 15 is 0 Å². The first-order valence-corrected chi connectivity index (χ1v) is 11.9. The Morgan fingerprint density at radius 2 is 1.85 bits per heavy atom. The highest BCUT2D eigenvalue weighted by atomic mass is 16.5. The van der Waals surface area contributed by atoms with Gasteiger partial charge in [-0.25, -0.2) is 4.79 Å². The Balaban J connectivity index is 1.47. The highest BCUT2D eigenvalue weighted by Gasteiger charge is 2.57. The van der Waals surface area contributed by atoms with Gasteiger partial charge < -0.3 is 19.3 Å². The van der Waals surface area contributed by atoms with Crippen molar-refractivity contribution in [1.29, 1.82) is 0 Å². The average Bonchev–Trinajstić information content (AvgIpc) is 3.04. The van der Waals surface area contributed by atoms with Gasteiger partial charge >= 0.3 is 6.03 Å². The van der Waals surface area contributed by atoms with Gasteiger partial charge in [-0.15, -0.1) is 0 Å². The van der Waals surface area contributed by atoms with E-state index in [4.69, 9.17) is 9.47 Å². The minimum absolute atomic E-state index is 0.0995. The monoisotopic (exact) mass is 466 g/mol. The summed E-state index contributed by atoms with van der Waals surface area (Å²) in [6.45, 7) is 4.79. The van der Waals surface area contributed by atoms with Crippen LogP contribution in [0, 0.1) is 0 Å². The predicted molar refractivity (Wildman–Crippen MR) is 128 cm³/mol. The minimum atomic E-state index is -0.802. The Hall–Kier alpha value is -2.97. The number of hydrogen-bond acceptors (Lipinski definition) is 6. The molecule has 8 heteroatoms. The number of benzene rings is 1. The zero-order chi connectivity index (χ0) is 24.1. The summed E-state index contributed by atoms with van der Waals surface area (Å²) >= 11 is 0. The van der Waals surface area contributed by atoms with Crippen LogP contribution in [0.25, 0.3) is 0 Å². The maximum atomic E-state index is 13.7. The van der Waals surface area contributed by atoms with E-state index in [0.717, 1.165) is 30.8 Å². The zero-order valence-corrected chi connectivity index (χ0v) is 20.3. The van der Waals surface area contributed by atoms with E-state index in [-0.39, 0.29) is 18.5 Å². The third-order valence-electron chi connectivity index (χ3n) is 7.12. The molecule has 2 aliphatic heterocycles. The quantitative estimate of drug-likeness (QED) is 0.529. The molecule has 34 heavy (non-hydrogen) atoms. The SMILES string of the molecule is COCCN1C(=O)N(Cc2cccnc2)C(=O)C12CCN(C(C)Cc1cccc(OC)c1)CC2. The van der Waals surface area contributed by atoms with Crippen molar-refractivity contribution < 1.29 is 19.1 Å². The first-order chi connectivity index (χ1) is 16.5. The van der Waals surface area contributed by atoms with Crippen LogP contribution < -0.4 is 4.74 Å². The fourth-order valence-corrected chi connectivity index (χ4v) is 5.18. The molecule has 2 aliphatic rings. The lowest BCUT2D eigenvalue weighted by Gasteiger charge is -2.44. The molecule has 2 aromatic rings. The van der Waals surface area contributed by atoms with Gasteiger partial charge in [-0.2, -0.15) is 0 Å². The van der Waals surface area contributed by atoms with Crippen LogP contribution in [0.2, 0.25) is 0 Å². The number of carbonyl (C=O) groups excluding carboxylic acids is 2. The fourth-order valence-electron chi connectivity index (χ4n) is 5.18. The molecule has 2 saturated heterocycles. The van der Waals surface area contributed by atoms with Crippen LogP contribution in [0.1, 0.15) is 30.9 Å². The number of amides is 3. The van der Waals surface area contributed by atoms with Gasteiger partial charge in [0.1, 0.15) is 11.3 Å². The van der Waals surface area contributed by atoms with Crippen molar-refractivity contribution in [3.8, 4) is 5.75 Å². The maximum Gasteiger partial charge on any atom is 0.328 e. The number of carbonyl (C=O) groups is 2. The van der Waals surface area contributed by atoms with Gasteiger partial charge in [-0.05, 0) is 55.5 Å². The fraction of sp³-hybridized carbons (Fsp3) is 0.500. The van der Waals surface area contributed by atoms with Gasteiger partial charge in [0.25, 0.3) is 5.91 Å². The topological polar surface area (TPSA) is 75.2 Å². The van der Waals surface area contributed by atoms with Crippen LogP contribution in [0.5, 0.6) is 5.75 Å². The Bertz CT molecular complexity index is 991. The van der Waals surface area contributed by atoms with Crippen molar-refractivity contribution in [3.63, 3.8) is 0 Å². The number of imide groups is 1. The van der Waals surface area contributed by atoms with E-state index in [2.05, 4.69) is 28.9 Å². The van der Waals surface area contributed by atoms with Crippen LogP contribution in [-0.2, 0) is 22.5 Å². The van der Waals surface area contributed by atoms with Gasteiger partial charge in [0, 0.05) is 45.2 Å². The molecule has 3 amide bonds. The van der Waals surface area contributed by atoms with Crippen LogP contribution in [0.4, 0.5) is 4.79 Å². The Kier molecular flexibility index (Phi) is 7.48. The van der Waals surface area contributed by atoms with Crippen molar-refractivity contribution in [2.75, 3.05) is 40.5 Å². The second-order valence-corrected chi connectivity index (χ2v) is 9.15. The summed E-state index contributed by atoms with van der Waals surface area (Å²) in [5.74, 6) is 0.761. The van der Waals surface area contributed by atoms with Crippen LogP contribution in [-0.4, -0.2) is 83.7 Å². The summed E-state index contributed by atoms with van der Waals surface area (Å²) in [7, 11) is 3.30. The molecule has 1 atom stereocenters. The van der Waals surface area contributed by atoms with Gasteiger partial charge in [0.2, 0.25) is 0 Å². The molecule has 0 radical (unpaired) electrons. The van der Waals surface area contributed by atoms with E-state index in [9.17, 15) is 9.59 Å². The second kappa shape index (κ2) is 10.5. The van der Waals surface area contributed by atoms with Crippen molar-refractivity contribution in [2.24, 2.45) is 0 Å². The molecule has 1 aromatic carbocycles.